The fourth-order valence-electron chi connectivity index (χ4n) is 4.35. The van der Waals surface area contributed by atoms with Crippen LogP contribution in [0.2, 0.25) is 0 Å². The minimum atomic E-state index is -4.06. The fraction of sp³-hybridized carbons (Fsp3) is 0.355. The van der Waals surface area contributed by atoms with Gasteiger partial charge in [0.25, 0.3) is 10.0 Å². The number of aryl methyl sites for hydroxylation is 1. The van der Waals surface area contributed by atoms with Gasteiger partial charge in [-0.15, -0.1) is 0 Å². The van der Waals surface area contributed by atoms with Crippen LogP contribution in [0.4, 0.5) is 5.69 Å². The first-order valence-electron chi connectivity index (χ1n) is 13.4. The predicted molar refractivity (Wildman–Crippen MR) is 156 cm³/mol. The van der Waals surface area contributed by atoms with E-state index in [0.29, 0.717) is 25.1 Å². The maximum absolute atomic E-state index is 14.0. The molecule has 2 amide bonds. The quantitative estimate of drug-likeness (QED) is 0.331. The first-order valence-corrected chi connectivity index (χ1v) is 14.8. The summed E-state index contributed by atoms with van der Waals surface area (Å²) >= 11 is 0. The Bertz CT molecular complexity index is 1330. The Labute approximate surface area is 232 Å². The van der Waals surface area contributed by atoms with Crippen LogP contribution < -0.4 is 9.62 Å². The molecular weight excluding hydrogens is 510 g/mol. The lowest BCUT2D eigenvalue weighted by molar-refractivity contribution is -0.139. The van der Waals surface area contributed by atoms with Gasteiger partial charge >= 0.3 is 0 Å². The molecule has 0 aromatic heterocycles. The summed E-state index contributed by atoms with van der Waals surface area (Å²) in [5.41, 5.74) is 2.29. The molecule has 0 saturated carbocycles. The van der Waals surface area contributed by atoms with Gasteiger partial charge in [-0.1, -0.05) is 81.4 Å². The molecule has 1 N–H and O–H groups in total. The molecule has 3 aromatic rings. The SMILES string of the molecule is CCC(C(=O)NCC(C)C)N(CCc1ccccc1)C(=O)CN(c1cccc(C)c1)S(=O)(=O)c1ccccc1. The molecule has 8 heteroatoms. The van der Waals surface area contributed by atoms with E-state index in [9.17, 15) is 18.0 Å². The molecule has 0 bridgehead atoms. The highest BCUT2D eigenvalue weighted by molar-refractivity contribution is 7.92. The van der Waals surface area contributed by atoms with Gasteiger partial charge in [-0.25, -0.2) is 8.42 Å². The van der Waals surface area contributed by atoms with E-state index in [-0.39, 0.29) is 23.3 Å². The zero-order valence-corrected chi connectivity index (χ0v) is 24.0. The van der Waals surface area contributed by atoms with E-state index in [1.54, 1.807) is 36.4 Å². The number of sulfonamides is 1. The normalized spacial score (nSPS) is 12.1. The van der Waals surface area contributed by atoms with Crippen LogP contribution in [0.15, 0.2) is 89.8 Å². The van der Waals surface area contributed by atoms with Crippen molar-refractivity contribution >= 4 is 27.5 Å². The van der Waals surface area contributed by atoms with E-state index in [1.165, 1.54) is 17.0 Å². The summed E-state index contributed by atoms with van der Waals surface area (Å²) in [5.74, 6) is -0.410. The van der Waals surface area contributed by atoms with Crippen LogP contribution in [0.5, 0.6) is 0 Å². The van der Waals surface area contributed by atoms with E-state index in [2.05, 4.69) is 5.32 Å². The van der Waals surface area contributed by atoms with Gasteiger partial charge in [0, 0.05) is 13.1 Å². The lowest BCUT2D eigenvalue weighted by Crippen LogP contribution is -2.53. The monoisotopic (exact) mass is 549 g/mol. The van der Waals surface area contributed by atoms with Gasteiger partial charge in [0.1, 0.15) is 12.6 Å². The van der Waals surface area contributed by atoms with Crippen LogP contribution in [-0.2, 0) is 26.0 Å². The van der Waals surface area contributed by atoms with Crippen molar-refractivity contribution in [3.05, 3.63) is 96.1 Å². The maximum atomic E-state index is 14.0. The highest BCUT2D eigenvalue weighted by Crippen LogP contribution is 2.25. The number of carbonyl (C=O) groups is 2. The van der Waals surface area contributed by atoms with E-state index in [1.807, 2.05) is 64.1 Å². The zero-order valence-electron chi connectivity index (χ0n) is 23.2. The Kier molecular flexibility index (Phi) is 10.7. The Balaban J connectivity index is 1.98. The van der Waals surface area contributed by atoms with Crippen LogP contribution in [0.3, 0.4) is 0 Å². The summed E-state index contributed by atoms with van der Waals surface area (Å²) < 4.78 is 28.8. The second-order valence-electron chi connectivity index (χ2n) is 10.0. The average Bonchev–Trinajstić information content (AvgIpc) is 2.93. The molecule has 0 aliphatic rings. The van der Waals surface area contributed by atoms with E-state index < -0.39 is 28.5 Å². The van der Waals surface area contributed by atoms with Crippen LogP contribution >= 0.6 is 0 Å². The summed E-state index contributed by atoms with van der Waals surface area (Å²) in [4.78, 5) is 28.8. The highest BCUT2D eigenvalue weighted by atomic mass is 32.2. The average molecular weight is 550 g/mol. The van der Waals surface area contributed by atoms with Gasteiger partial charge in [0.05, 0.1) is 10.6 Å². The first-order chi connectivity index (χ1) is 18.6. The molecule has 0 fully saturated rings. The number of benzene rings is 3. The van der Waals surface area contributed by atoms with Gasteiger partial charge in [-0.3, -0.25) is 13.9 Å². The van der Waals surface area contributed by atoms with Crippen LogP contribution in [-0.4, -0.2) is 50.8 Å². The van der Waals surface area contributed by atoms with Crippen molar-refractivity contribution in [3.63, 3.8) is 0 Å². The number of anilines is 1. The summed E-state index contributed by atoms with van der Waals surface area (Å²) in [5, 5.41) is 2.95. The van der Waals surface area contributed by atoms with Crippen LogP contribution in [0.1, 0.15) is 38.3 Å². The summed E-state index contributed by atoms with van der Waals surface area (Å²) in [6.07, 6.45) is 0.941. The molecule has 0 aliphatic heterocycles. The minimum Gasteiger partial charge on any atom is -0.354 e. The van der Waals surface area contributed by atoms with Crippen molar-refractivity contribution in [2.24, 2.45) is 5.92 Å². The molecule has 0 radical (unpaired) electrons. The molecule has 1 atom stereocenters. The third-order valence-electron chi connectivity index (χ3n) is 6.45. The Morgan fingerprint density at radius 2 is 1.54 bits per heavy atom. The fourth-order valence-corrected chi connectivity index (χ4v) is 5.78. The summed E-state index contributed by atoms with van der Waals surface area (Å²) in [6, 6.07) is 24.2. The van der Waals surface area contributed by atoms with Crippen molar-refractivity contribution in [1.29, 1.82) is 0 Å². The smallest absolute Gasteiger partial charge is 0.264 e. The number of nitrogens with one attached hydrogen (secondary N) is 1. The molecule has 7 nitrogen and oxygen atoms in total. The largest absolute Gasteiger partial charge is 0.354 e. The number of carbonyl (C=O) groups excluding carboxylic acids is 2. The molecule has 0 aliphatic carbocycles. The summed E-state index contributed by atoms with van der Waals surface area (Å²) in [6.45, 7) is 8.10. The molecule has 0 saturated heterocycles. The molecule has 3 rings (SSSR count). The standard InChI is InChI=1S/C31H39N3O4S/c1-5-29(31(36)32-22-24(2)3)33(20-19-26-14-8-6-9-15-26)30(35)23-34(27-16-12-13-25(4)21-27)39(37,38)28-17-10-7-11-18-28/h6-18,21,24,29H,5,19-20,22-23H2,1-4H3,(H,32,36). The second-order valence-corrected chi connectivity index (χ2v) is 11.9. The third-order valence-corrected chi connectivity index (χ3v) is 8.24. The Morgan fingerprint density at radius 1 is 0.897 bits per heavy atom. The Morgan fingerprint density at radius 3 is 2.13 bits per heavy atom. The number of amides is 2. The lowest BCUT2D eigenvalue weighted by atomic mass is 10.1. The van der Waals surface area contributed by atoms with Gasteiger partial charge in [-0.05, 0) is 61.1 Å². The third kappa shape index (κ3) is 8.17. The van der Waals surface area contributed by atoms with Crippen molar-refractivity contribution in [3.8, 4) is 0 Å². The molecule has 1 unspecified atom stereocenters. The van der Waals surface area contributed by atoms with Gasteiger partial charge < -0.3 is 10.2 Å². The molecule has 3 aromatic carbocycles. The number of rotatable bonds is 13. The van der Waals surface area contributed by atoms with Gasteiger partial charge in [-0.2, -0.15) is 0 Å². The Hall–Kier alpha value is -3.65. The van der Waals surface area contributed by atoms with Crippen molar-refractivity contribution < 1.29 is 18.0 Å². The molecule has 39 heavy (non-hydrogen) atoms. The van der Waals surface area contributed by atoms with Crippen molar-refractivity contribution in [2.75, 3.05) is 23.9 Å². The van der Waals surface area contributed by atoms with E-state index in [0.717, 1.165) is 15.4 Å². The van der Waals surface area contributed by atoms with Gasteiger partial charge in [0.15, 0.2) is 0 Å². The van der Waals surface area contributed by atoms with E-state index >= 15 is 0 Å². The van der Waals surface area contributed by atoms with Crippen molar-refractivity contribution in [2.45, 2.75) is 51.5 Å². The van der Waals surface area contributed by atoms with E-state index in [4.69, 9.17) is 0 Å². The maximum Gasteiger partial charge on any atom is 0.264 e. The lowest BCUT2D eigenvalue weighted by Gasteiger charge is -2.33. The number of hydrogen-bond donors (Lipinski definition) is 1. The number of hydrogen-bond acceptors (Lipinski definition) is 4. The zero-order chi connectivity index (χ0) is 28.4. The van der Waals surface area contributed by atoms with Crippen LogP contribution in [0, 0.1) is 12.8 Å². The first kappa shape index (κ1) is 29.9. The number of nitrogens with zero attached hydrogens (tertiary/aromatic N) is 2. The van der Waals surface area contributed by atoms with Crippen LogP contribution in [0.25, 0.3) is 0 Å². The molecule has 208 valence electrons. The van der Waals surface area contributed by atoms with Crippen molar-refractivity contribution in [1.82, 2.24) is 10.2 Å². The molecular formula is C31H39N3O4S. The molecule has 0 heterocycles. The molecule has 0 spiro atoms. The van der Waals surface area contributed by atoms with Gasteiger partial charge in [0.2, 0.25) is 11.8 Å². The predicted octanol–water partition coefficient (Wildman–Crippen LogP) is 4.81. The minimum absolute atomic E-state index is 0.0943. The second kappa shape index (κ2) is 13.9. The topological polar surface area (TPSA) is 86.8 Å². The summed E-state index contributed by atoms with van der Waals surface area (Å²) in [7, 11) is -4.06. The highest BCUT2D eigenvalue weighted by Gasteiger charge is 2.33.